The van der Waals surface area contributed by atoms with Crippen LogP contribution in [-0.4, -0.2) is 27.6 Å². The number of hydrogen-bond donors (Lipinski definition) is 2. The summed E-state index contributed by atoms with van der Waals surface area (Å²) in [6, 6.07) is 12.4. The van der Waals surface area contributed by atoms with E-state index in [1.54, 1.807) is 7.05 Å². The number of aromatic nitrogens is 1. The van der Waals surface area contributed by atoms with Gasteiger partial charge < -0.3 is 10.3 Å². The molecule has 22 heavy (non-hydrogen) atoms. The van der Waals surface area contributed by atoms with Crippen LogP contribution in [0.4, 0.5) is 0 Å². The Bertz CT molecular complexity index is 743. The summed E-state index contributed by atoms with van der Waals surface area (Å²) in [7, 11) is 1.54. The number of hydrazine groups is 1. The normalized spacial score (nSPS) is 10.0. The van der Waals surface area contributed by atoms with Gasteiger partial charge in [0.25, 0.3) is 11.5 Å². The van der Waals surface area contributed by atoms with Gasteiger partial charge in [-0.2, -0.15) is 0 Å². The molecule has 6 nitrogen and oxygen atoms in total. The summed E-state index contributed by atoms with van der Waals surface area (Å²) in [5.41, 5.74) is 9.07. The molecule has 0 aliphatic carbocycles. The molecule has 0 fully saturated rings. The molecule has 0 bridgehead atoms. The molecular formula is C15H16N4O2S. The van der Waals surface area contributed by atoms with Gasteiger partial charge in [-0.05, 0) is 23.8 Å². The Labute approximate surface area is 133 Å². The molecule has 1 aromatic carbocycles. The largest absolute Gasteiger partial charge is 0.375 e. The molecule has 114 valence electrons. The predicted molar refractivity (Wildman–Crippen MR) is 88.3 cm³/mol. The van der Waals surface area contributed by atoms with Gasteiger partial charge in [0.05, 0.1) is 12.1 Å². The van der Waals surface area contributed by atoms with Crippen LogP contribution in [0, 0.1) is 0 Å². The molecule has 0 radical (unpaired) electrons. The van der Waals surface area contributed by atoms with Crippen LogP contribution in [0.2, 0.25) is 0 Å². The van der Waals surface area contributed by atoms with Crippen molar-refractivity contribution in [2.24, 2.45) is 5.73 Å². The SMILES string of the molecule is CN(NC(=O)c1ccc(=O)n(Cc2ccccc2)c1)C(N)=S. The van der Waals surface area contributed by atoms with Crippen molar-refractivity contribution in [1.29, 1.82) is 0 Å². The maximum absolute atomic E-state index is 12.1. The number of carbonyl (C=O) groups is 1. The second kappa shape index (κ2) is 6.86. The molecule has 0 aliphatic heterocycles. The van der Waals surface area contributed by atoms with Crippen LogP contribution < -0.4 is 16.7 Å². The number of nitrogens with two attached hydrogens (primary N) is 1. The van der Waals surface area contributed by atoms with E-state index in [-0.39, 0.29) is 10.7 Å². The summed E-state index contributed by atoms with van der Waals surface area (Å²) in [6.45, 7) is 0.395. The molecular weight excluding hydrogens is 300 g/mol. The van der Waals surface area contributed by atoms with E-state index in [9.17, 15) is 9.59 Å². The third-order valence-electron chi connectivity index (χ3n) is 3.04. The summed E-state index contributed by atoms with van der Waals surface area (Å²) < 4.78 is 1.48. The minimum atomic E-state index is -0.392. The molecule has 2 rings (SSSR count). The van der Waals surface area contributed by atoms with E-state index in [0.29, 0.717) is 12.1 Å². The second-order valence-corrected chi connectivity index (χ2v) is 5.13. The zero-order valence-electron chi connectivity index (χ0n) is 12.0. The van der Waals surface area contributed by atoms with E-state index in [1.165, 1.54) is 27.9 Å². The lowest BCUT2D eigenvalue weighted by atomic mass is 10.2. The van der Waals surface area contributed by atoms with Gasteiger partial charge in [0.2, 0.25) is 0 Å². The van der Waals surface area contributed by atoms with Crippen LogP contribution in [0.1, 0.15) is 15.9 Å². The maximum Gasteiger partial charge on any atom is 0.271 e. The van der Waals surface area contributed by atoms with E-state index in [4.69, 9.17) is 18.0 Å². The quantitative estimate of drug-likeness (QED) is 0.644. The smallest absolute Gasteiger partial charge is 0.271 e. The number of nitrogens with zero attached hydrogens (tertiary/aromatic N) is 2. The Balaban J connectivity index is 2.21. The summed E-state index contributed by atoms with van der Waals surface area (Å²) in [5, 5.41) is 1.29. The summed E-state index contributed by atoms with van der Waals surface area (Å²) in [5.74, 6) is -0.392. The zero-order chi connectivity index (χ0) is 16.1. The van der Waals surface area contributed by atoms with Crippen molar-refractivity contribution in [2.75, 3.05) is 7.05 Å². The summed E-state index contributed by atoms with van der Waals surface area (Å²) >= 11 is 4.75. The number of nitrogens with one attached hydrogen (secondary N) is 1. The van der Waals surface area contributed by atoms with E-state index in [1.807, 2.05) is 30.3 Å². The van der Waals surface area contributed by atoms with Crippen molar-refractivity contribution in [1.82, 2.24) is 15.0 Å². The van der Waals surface area contributed by atoms with Crippen molar-refractivity contribution in [3.8, 4) is 0 Å². The first-order valence-corrected chi connectivity index (χ1v) is 6.97. The zero-order valence-corrected chi connectivity index (χ0v) is 12.8. The molecule has 0 saturated heterocycles. The molecule has 1 heterocycles. The van der Waals surface area contributed by atoms with Crippen LogP contribution in [0.15, 0.2) is 53.5 Å². The molecule has 0 unspecified atom stereocenters. The molecule has 0 aliphatic rings. The van der Waals surface area contributed by atoms with Gasteiger partial charge in [-0.1, -0.05) is 30.3 Å². The van der Waals surface area contributed by atoms with E-state index in [0.717, 1.165) is 5.56 Å². The average molecular weight is 316 g/mol. The fraction of sp³-hybridized carbons (Fsp3) is 0.133. The van der Waals surface area contributed by atoms with Crippen molar-refractivity contribution >= 4 is 23.2 Å². The number of thiocarbonyl (C=S) groups is 1. The minimum Gasteiger partial charge on any atom is -0.375 e. The van der Waals surface area contributed by atoms with Crippen molar-refractivity contribution in [3.63, 3.8) is 0 Å². The molecule has 1 amide bonds. The second-order valence-electron chi connectivity index (χ2n) is 4.71. The lowest BCUT2D eigenvalue weighted by Gasteiger charge is -2.18. The minimum absolute atomic E-state index is 0.0472. The monoisotopic (exact) mass is 316 g/mol. The van der Waals surface area contributed by atoms with Crippen molar-refractivity contribution < 1.29 is 4.79 Å². The Morgan fingerprint density at radius 1 is 1.27 bits per heavy atom. The predicted octanol–water partition coefficient (Wildman–Crippen LogP) is 0.717. The number of carbonyl (C=O) groups excluding carboxylic acids is 1. The lowest BCUT2D eigenvalue weighted by Crippen LogP contribution is -2.46. The first-order valence-electron chi connectivity index (χ1n) is 6.56. The molecule has 1 aromatic heterocycles. The Hall–Kier alpha value is -2.67. The maximum atomic E-state index is 12.1. The summed E-state index contributed by atoms with van der Waals surface area (Å²) in [4.78, 5) is 24.0. The molecule has 0 spiro atoms. The van der Waals surface area contributed by atoms with Gasteiger partial charge in [-0.25, -0.2) is 0 Å². The van der Waals surface area contributed by atoms with Gasteiger partial charge in [-0.3, -0.25) is 20.0 Å². The van der Waals surface area contributed by atoms with Crippen LogP contribution >= 0.6 is 12.2 Å². The number of amides is 1. The van der Waals surface area contributed by atoms with Gasteiger partial charge in [0.1, 0.15) is 0 Å². The number of pyridine rings is 1. The molecule has 0 atom stereocenters. The highest BCUT2D eigenvalue weighted by atomic mass is 32.1. The number of rotatable bonds is 3. The highest BCUT2D eigenvalue weighted by Crippen LogP contribution is 2.03. The van der Waals surface area contributed by atoms with Gasteiger partial charge in [0, 0.05) is 19.3 Å². The van der Waals surface area contributed by atoms with E-state index < -0.39 is 5.91 Å². The van der Waals surface area contributed by atoms with E-state index >= 15 is 0 Å². The molecule has 2 aromatic rings. The lowest BCUT2D eigenvalue weighted by molar-refractivity contribution is 0.0887. The third-order valence-corrected chi connectivity index (χ3v) is 3.32. The van der Waals surface area contributed by atoms with Gasteiger partial charge in [-0.15, -0.1) is 0 Å². The Kier molecular flexibility index (Phi) is 4.90. The number of hydrogen-bond acceptors (Lipinski definition) is 3. The Morgan fingerprint density at radius 3 is 2.59 bits per heavy atom. The fourth-order valence-electron chi connectivity index (χ4n) is 1.84. The van der Waals surface area contributed by atoms with Crippen molar-refractivity contribution in [2.45, 2.75) is 6.54 Å². The third kappa shape index (κ3) is 3.92. The van der Waals surface area contributed by atoms with Gasteiger partial charge in [0.15, 0.2) is 5.11 Å². The molecule has 0 saturated carbocycles. The van der Waals surface area contributed by atoms with Crippen LogP contribution in [0.3, 0.4) is 0 Å². The van der Waals surface area contributed by atoms with Gasteiger partial charge >= 0.3 is 0 Å². The van der Waals surface area contributed by atoms with Crippen LogP contribution in [0.25, 0.3) is 0 Å². The van der Waals surface area contributed by atoms with E-state index in [2.05, 4.69) is 5.43 Å². The topological polar surface area (TPSA) is 80.4 Å². The van der Waals surface area contributed by atoms with Crippen LogP contribution in [-0.2, 0) is 6.54 Å². The first kappa shape index (κ1) is 15.7. The molecule has 7 heteroatoms. The Morgan fingerprint density at radius 2 is 1.95 bits per heavy atom. The highest BCUT2D eigenvalue weighted by molar-refractivity contribution is 7.80. The average Bonchev–Trinajstić information content (AvgIpc) is 2.50. The molecule has 3 N–H and O–H groups in total. The highest BCUT2D eigenvalue weighted by Gasteiger charge is 2.10. The number of benzene rings is 1. The summed E-state index contributed by atoms with van der Waals surface area (Å²) in [6.07, 6.45) is 1.51. The van der Waals surface area contributed by atoms with Crippen LogP contribution in [0.5, 0.6) is 0 Å². The fourth-order valence-corrected chi connectivity index (χ4v) is 1.89. The van der Waals surface area contributed by atoms with Crippen molar-refractivity contribution in [3.05, 3.63) is 70.1 Å². The first-order chi connectivity index (χ1) is 10.5. The standard InChI is InChI=1S/C15H16N4O2S/c1-18(15(16)22)17-14(21)12-7-8-13(20)19(10-12)9-11-5-3-2-4-6-11/h2-8,10H,9H2,1H3,(H2,16,22)(H,17,21).